The van der Waals surface area contributed by atoms with Crippen molar-refractivity contribution in [2.75, 3.05) is 6.26 Å². The topological polar surface area (TPSA) is 0 Å². The molecule has 1 heterocycles. The molecule has 0 unspecified atom stereocenters. The van der Waals surface area contributed by atoms with Crippen LogP contribution >= 0.6 is 55.0 Å². The molecule has 0 aliphatic carbocycles. The van der Waals surface area contributed by atoms with Crippen molar-refractivity contribution in [2.24, 2.45) is 0 Å². The molecule has 2 rings (SSSR count). The molecule has 0 amide bonds. The van der Waals surface area contributed by atoms with Crippen LogP contribution in [0.2, 0.25) is 0 Å². The van der Waals surface area contributed by atoms with Crippen molar-refractivity contribution in [3.05, 3.63) is 27.5 Å². The predicted molar refractivity (Wildman–Crippen MR) is 73.9 cm³/mol. The maximum atomic E-state index is 3.61. The van der Waals surface area contributed by atoms with Gasteiger partial charge >= 0.3 is 0 Å². The van der Waals surface area contributed by atoms with Crippen LogP contribution in [-0.2, 0) is 5.33 Å². The second-order valence-electron chi connectivity index (χ2n) is 2.85. The van der Waals surface area contributed by atoms with E-state index in [0.29, 0.717) is 0 Å². The van der Waals surface area contributed by atoms with Gasteiger partial charge in [-0.25, -0.2) is 0 Å². The van der Waals surface area contributed by atoms with E-state index >= 15 is 0 Å². The first-order valence-corrected chi connectivity index (χ1v) is 8.08. The van der Waals surface area contributed by atoms with E-state index in [0.717, 1.165) is 5.33 Å². The molecule has 14 heavy (non-hydrogen) atoms. The first-order chi connectivity index (χ1) is 6.77. The fraction of sp³-hybridized carbons (Fsp3) is 0.200. The van der Waals surface area contributed by atoms with E-state index in [4.69, 9.17) is 0 Å². The lowest BCUT2D eigenvalue weighted by atomic mass is 10.2. The van der Waals surface area contributed by atoms with Gasteiger partial charge in [0, 0.05) is 30.2 Å². The highest BCUT2D eigenvalue weighted by Crippen LogP contribution is 2.39. The van der Waals surface area contributed by atoms with E-state index in [1.165, 1.54) is 25.0 Å². The maximum absolute atomic E-state index is 3.61. The zero-order valence-electron chi connectivity index (χ0n) is 7.51. The Kier molecular flexibility index (Phi) is 3.58. The largest absolute Gasteiger partial charge is 0.142 e. The minimum atomic E-state index is 0.922. The molecule has 0 bridgehead atoms. The summed E-state index contributed by atoms with van der Waals surface area (Å²) in [5, 5.41) is 4.51. The number of alkyl halides is 1. The molecule has 0 fully saturated rings. The summed E-state index contributed by atoms with van der Waals surface area (Å²) in [6.45, 7) is 0. The Hall–Kier alpha value is 0.490. The van der Waals surface area contributed by atoms with Gasteiger partial charge < -0.3 is 0 Å². The molecule has 0 saturated heterocycles. The molecule has 1 aromatic heterocycles. The van der Waals surface area contributed by atoms with Crippen LogP contribution in [-0.4, -0.2) is 6.26 Å². The van der Waals surface area contributed by atoms with Crippen LogP contribution in [0, 0.1) is 0 Å². The van der Waals surface area contributed by atoms with E-state index in [2.05, 4.69) is 55.6 Å². The number of hydrogen-bond acceptors (Lipinski definition) is 2. The molecule has 74 valence electrons. The molecule has 2 aromatic rings. The van der Waals surface area contributed by atoms with E-state index in [-0.39, 0.29) is 0 Å². The van der Waals surface area contributed by atoms with E-state index in [9.17, 15) is 0 Å². The molecular weight excluding hydrogens is 344 g/mol. The normalized spacial score (nSPS) is 11.1. The van der Waals surface area contributed by atoms with E-state index in [1.807, 2.05) is 11.3 Å². The van der Waals surface area contributed by atoms with Gasteiger partial charge in [0.1, 0.15) is 0 Å². The summed E-state index contributed by atoms with van der Waals surface area (Å²) in [6.07, 6.45) is 2.12. The van der Waals surface area contributed by atoms with E-state index in [1.54, 1.807) is 11.8 Å². The maximum Gasteiger partial charge on any atom is 0.0406 e. The van der Waals surface area contributed by atoms with Gasteiger partial charge in [-0.05, 0) is 17.9 Å². The molecule has 0 aliphatic heterocycles. The predicted octanol–water partition coefficient (Wildman–Crippen LogP) is 5.28. The van der Waals surface area contributed by atoms with Crippen LogP contribution in [0.5, 0.6) is 0 Å². The van der Waals surface area contributed by atoms with Crippen molar-refractivity contribution < 1.29 is 0 Å². The molecule has 0 N–H and O–H groups in total. The highest BCUT2D eigenvalue weighted by Gasteiger charge is 2.09. The van der Waals surface area contributed by atoms with Crippen molar-refractivity contribution in [3.63, 3.8) is 0 Å². The van der Waals surface area contributed by atoms with Gasteiger partial charge in [0.05, 0.1) is 0 Å². The van der Waals surface area contributed by atoms with Gasteiger partial charge in [0.15, 0.2) is 0 Å². The van der Waals surface area contributed by atoms with Crippen molar-refractivity contribution in [3.8, 4) is 0 Å². The minimum absolute atomic E-state index is 0.922. The highest BCUT2D eigenvalue weighted by molar-refractivity contribution is 9.10. The van der Waals surface area contributed by atoms with Gasteiger partial charge in [-0.3, -0.25) is 0 Å². The molecule has 1 aromatic carbocycles. The average molecular weight is 352 g/mol. The summed E-state index contributed by atoms with van der Waals surface area (Å²) < 4.78 is 2.59. The third kappa shape index (κ3) is 1.77. The first kappa shape index (κ1) is 11.0. The lowest BCUT2D eigenvalue weighted by molar-refractivity contribution is 1.49. The Morgan fingerprint density at radius 2 is 2.21 bits per heavy atom. The fourth-order valence-electron chi connectivity index (χ4n) is 1.39. The van der Waals surface area contributed by atoms with Crippen LogP contribution in [0.15, 0.2) is 26.9 Å². The summed E-state index contributed by atoms with van der Waals surface area (Å²) in [5.41, 5.74) is 1.37. The van der Waals surface area contributed by atoms with Crippen molar-refractivity contribution in [1.29, 1.82) is 0 Å². The standard InChI is InChI=1S/C10H8Br2S2/c1-13-8-5-14-10-6(4-11)2-3-7(12)9(8)10/h2-3,5H,4H2,1H3. The molecule has 0 aliphatic rings. The summed E-state index contributed by atoms with van der Waals surface area (Å²) in [7, 11) is 0. The van der Waals surface area contributed by atoms with Gasteiger partial charge in [-0.1, -0.05) is 37.9 Å². The van der Waals surface area contributed by atoms with Gasteiger partial charge in [0.25, 0.3) is 0 Å². The van der Waals surface area contributed by atoms with Crippen LogP contribution < -0.4 is 0 Å². The summed E-state index contributed by atoms with van der Waals surface area (Å²) >= 11 is 10.8. The minimum Gasteiger partial charge on any atom is -0.142 e. The number of hydrogen-bond donors (Lipinski definition) is 0. The third-order valence-corrected chi connectivity index (χ3v) is 5.31. The SMILES string of the molecule is CSc1csc2c(CBr)ccc(Br)c12. The molecule has 0 spiro atoms. The zero-order chi connectivity index (χ0) is 10.1. The molecule has 0 saturated carbocycles. The summed E-state index contributed by atoms with van der Waals surface area (Å²) in [5.74, 6) is 0. The lowest BCUT2D eigenvalue weighted by Gasteiger charge is -2.01. The monoisotopic (exact) mass is 350 g/mol. The quantitative estimate of drug-likeness (QED) is 0.523. The second-order valence-corrected chi connectivity index (χ2v) is 5.99. The summed E-state index contributed by atoms with van der Waals surface area (Å²) in [4.78, 5) is 1.36. The van der Waals surface area contributed by atoms with Crippen molar-refractivity contribution in [1.82, 2.24) is 0 Å². The lowest BCUT2D eigenvalue weighted by Crippen LogP contribution is -1.78. The Morgan fingerprint density at radius 1 is 1.43 bits per heavy atom. The average Bonchev–Trinajstić information content (AvgIpc) is 2.63. The number of halogens is 2. The molecule has 0 radical (unpaired) electrons. The number of benzene rings is 1. The van der Waals surface area contributed by atoms with Crippen molar-refractivity contribution in [2.45, 2.75) is 10.2 Å². The number of fused-ring (bicyclic) bond motifs is 1. The fourth-order valence-corrected chi connectivity index (χ4v) is 4.83. The molecule has 0 atom stereocenters. The summed E-state index contributed by atoms with van der Waals surface area (Å²) in [6, 6.07) is 4.30. The highest BCUT2D eigenvalue weighted by atomic mass is 79.9. The van der Waals surface area contributed by atoms with Gasteiger partial charge in [-0.15, -0.1) is 23.1 Å². The molecule has 4 heteroatoms. The smallest absolute Gasteiger partial charge is 0.0406 e. The number of thiophene rings is 1. The molecular formula is C10H8Br2S2. The zero-order valence-corrected chi connectivity index (χ0v) is 12.3. The Labute approximate surface area is 108 Å². The van der Waals surface area contributed by atoms with E-state index < -0.39 is 0 Å². The molecule has 0 nitrogen and oxygen atoms in total. The Morgan fingerprint density at radius 3 is 2.86 bits per heavy atom. The number of thioether (sulfide) groups is 1. The first-order valence-electron chi connectivity index (χ1n) is 4.06. The third-order valence-electron chi connectivity index (χ3n) is 2.08. The van der Waals surface area contributed by atoms with Crippen LogP contribution in [0.25, 0.3) is 10.1 Å². The van der Waals surface area contributed by atoms with Gasteiger partial charge in [-0.2, -0.15) is 0 Å². The second kappa shape index (κ2) is 4.56. The van der Waals surface area contributed by atoms with Gasteiger partial charge in [0.2, 0.25) is 0 Å². The van der Waals surface area contributed by atoms with Crippen LogP contribution in [0.1, 0.15) is 5.56 Å². The Balaban J connectivity index is 2.80. The van der Waals surface area contributed by atoms with Crippen LogP contribution in [0.4, 0.5) is 0 Å². The van der Waals surface area contributed by atoms with Crippen molar-refractivity contribution >= 4 is 65.0 Å². The van der Waals surface area contributed by atoms with Crippen LogP contribution in [0.3, 0.4) is 0 Å². The Bertz CT molecular complexity index is 462. The number of rotatable bonds is 2.